The summed E-state index contributed by atoms with van der Waals surface area (Å²) in [5.74, 6) is -1.92. The number of anilines is 1. The van der Waals surface area contributed by atoms with E-state index in [0.29, 0.717) is 17.6 Å². The summed E-state index contributed by atoms with van der Waals surface area (Å²) in [6.45, 7) is 3.56. The lowest BCUT2D eigenvalue weighted by Gasteiger charge is -2.19. The second kappa shape index (κ2) is 9.15. The molecule has 154 valence electrons. The molecular formula is C20H23N3O5S. The molecule has 1 aromatic heterocycles. The third-order valence-electron chi connectivity index (χ3n) is 4.40. The Balaban J connectivity index is 1.59. The van der Waals surface area contributed by atoms with Crippen molar-refractivity contribution in [2.75, 3.05) is 12.4 Å². The van der Waals surface area contributed by atoms with Gasteiger partial charge in [-0.2, -0.15) is 0 Å². The van der Waals surface area contributed by atoms with Crippen LogP contribution in [-0.4, -0.2) is 48.1 Å². The minimum absolute atomic E-state index is 0.201. The van der Waals surface area contributed by atoms with Crippen LogP contribution >= 0.6 is 11.3 Å². The van der Waals surface area contributed by atoms with E-state index in [4.69, 9.17) is 9.47 Å². The van der Waals surface area contributed by atoms with Crippen molar-refractivity contribution in [2.24, 2.45) is 5.92 Å². The van der Waals surface area contributed by atoms with Crippen LogP contribution in [0.5, 0.6) is 0 Å². The maximum atomic E-state index is 12.6. The summed E-state index contributed by atoms with van der Waals surface area (Å²) >= 11 is 1.46. The SMILES string of the molecule is COC(C(=O)Nc1cccc2scnc12)C(=O)N[C@H]1C=C[C@@H](C(=O)OC(C)C)C1. The number of amides is 2. The van der Waals surface area contributed by atoms with E-state index in [2.05, 4.69) is 15.6 Å². The summed E-state index contributed by atoms with van der Waals surface area (Å²) in [6, 6.07) is 5.04. The van der Waals surface area contributed by atoms with Crippen molar-refractivity contribution >= 4 is 45.0 Å². The molecule has 1 unspecified atom stereocenters. The zero-order chi connectivity index (χ0) is 21.0. The maximum Gasteiger partial charge on any atom is 0.313 e. The number of ether oxygens (including phenoxy) is 2. The minimum Gasteiger partial charge on any atom is -0.463 e. The number of nitrogens with zero attached hydrogens (tertiary/aromatic N) is 1. The van der Waals surface area contributed by atoms with E-state index in [1.165, 1.54) is 18.4 Å². The molecule has 2 amide bonds. The lowest BCUT2D eigenvalue weighted by molar-refractivity contribution is -0.151. The molecule has 29 heavy (non-hydrogen) atoms. The van der Waals surface area contributed by atoms with Gasteiger partial charge in [0.05, 0.1) is 27.9 Å². The molecule has 1 aliphatic rings. The third-order valence-corrected chi connectivity index (χ3v) is 5.19. The first kappa shape index (κ1) is 20.9. The van der Waals surface area contributed by atoms with Crippen molar-refractivity contribution in [1.82, 2.24) is 10.3 Å². The number of carbonyl (C=O) groups is 3. The van der Waals surface area contributed by atoms with Gasteiger partial charge in [-0.1, -0.05) is 18.2 Å². The highest BCUT2D eigenvalue weighted by molar-refractivity contribution is 7.16. The first-order valence-electron chi connectivity index (χ1n) is 9.24. The molecule has 9 heteroatoms. The predicted octanol–water partition coefficient (Wildman–Crippen LogP) is 2.26. The number of rotatable bonds is 7. The summed E-state index contributed by atoms with van der Waals surface area (Å²) in [5, 5.41) is 5.44. The van der Waals surface area contributed by atoms with Gasteiger partial charge in [0.25, 0.3) is 11.8 Å². The number of carbonyl (C=O) groups excluding carboxylic acids is 3. The molecular weight excluding hydrogens is 394 g/mol. The van der Waals surface area contributed by atoms with Crippen molar-refractivity contribution in [3.05, 3.63) is 35.9 Å². The Morgan fingerprint density at radius 3 is 2.72 bits per heavy atom. The zero-order valence-corrected chi connectivity index (χ0v) is 17.2. The van der Waals surface area contributed by atoms with Crippen molar-refractivity contribution in [2.45, 2.75) is 38.5 Å². The molecule has 0 saturated carbocycles. The van der Waals surface area contributed by atoms with Crippen molar-refractivity contribution in [1.29, 1.82) is 0 Å². The molecule has 2 aromatic rings. The molecule has 1 aliphatic carbocycles. The second-order valence-electron chi connectivity index (χ2n) is 6.94. The number of hydrogen-bond acceptors (Lipinski definition) is 7. The molecule has 8 nitrogen and oxygen atoms in total. The molecule has 0 bridgehead atoms. The summed E-state index contributed by atoms with van der Waals surface area (Å²) in [6.07, 6.45) is 2.28. The number of thiazole rings is 1. The zero-order valence-electron chi connectivity index (χ0n) is 16.4. The van der Waals surface area contributed by atoms with E-state index in [9.17, 15) is 14.4 Å². The summed E-state index contributed by atoms with van der Waals surface area (Å²) in [4.78, 5) is 41.4. The van der Waals surface area contributed by atoms with Crippen LogP contribution in [0.25, 0.3) is 10.2 Å². The van der Waals surface area contributed by atoms with E-state index in [0.717, 1.165) is 4.70 Å². The molecule has 0 spiro atoms. The van der Waals surface area contributed by atoms with Crippen molar-refractivity contribution in [3.8, 4) is 0 Å². The fourth-order valence-corrected chi connectivity index (χ4v) is 3.78. The molecule has 1 heterocycles. The first-order valence-corrected chi connectivity index (χ1v) is 10.1. The quantitative estimate of drug-likeness (QED) is 0.407. The van der Waals surface area contributed by atoms with Crippen molar-refractivity contribution < 1.29 is 23.9 Å². The number of nitrogens with one attached hydrogen (secondary N) is 2. The Bertz CT molecular complexity index is 939. The normalized spacial score (nSPS) is 19.3. The number of para-hydroxylation sites is 1. The summed E-state index contributed by atoms with van der Waals surface area (Å²) < 4.78 is 11.2. The Kier molecular flexibility index (Phi) is 6.60. The van der Waals surface area contributed by atoms with Gasteiger partial charge in [0, 0.05) is 13.2 Å². The number of esters is 1. The molecule has 0 radical (unpaired) electrons. The second-order valence-corrected chi connectivity index (χ2v) is 7.82. The number of fused-ring (bicyclic) bond motifs is 1. The monoisotopic (exact) mass is 417 g/mol. The fourth-order valence-electron chi connectivity index (χ4n) is 3.08. The smallest absolute Gasteiger partial charge is 0.313 e. The van der Waals surface area contributed by atoms with Crippen molar-refractivity contribution in [3.63, 3.8) is 0 Å². The molecule has 0 fully saturated rings. The predicted molar refractivity (Wildman–Crippen MR) is 109 cm³/mol. The molecule has 0 saturated heterocycles. The van der Waals surface area contributed by atoms with E-state index < -0.39 is 23.8 Å². The number of benzene rings is 1. The average Bonchev–Trinajstić information content (AvgIpc) is 3.31. The average molecular weight is 417 g/mol. The summed E-state index contributed by atoms with van der Waals surface area (Å²) in [7, 11) is 1.29. The highest BCUT2D eigenvalue weighted by Crippen LogP contribution is 2.25. The standard InChI is InChI=1S/C20H23N3O5S/c1-11(2)28-20(26)12-7-8-13(9-12)22-18(24)17(27-3)19(25)23-14-5-4-6-15-16(14)21-10-29-15/h4-8,10-13,17H,9H2,1-3H3,(H,22,24)(H,23,25)/t12-,13+,17?/m1/s1. The minimum atomic E-state index is -1.33. The molecule has 3 rings (SSSR count). The van der Waals surface area contributed by atoms with Gasteiger partial charge in [0.15, 0.2) is 0 Å². The van der Waals surface area contributed by atoms with E-state index in [1.54, 1.807) is 43.6 Å². The number of methoxy groups -OCH3 is 1. The fraction of sp³-hybridized carbons (Fsp3) is 0.400. The molecule has 3 atom stereocenters. The van der Waals surface area contributed by atoms with Gasteiger partial charge in [0.1, 0.15) is 5.52 Å². The highest BCUT2D eigenvalue weighted by Gasteiger charge is 2.32. The van der Waals surface area contributed by atoms with Gasteiger partial charge in [-0.15, -0.1) is 11.3 Å². The van der Waals surface area contributed by atoms with Crippen LogP contribution in [0.4, 0.5) is 5.69 Å². The van der Waals surface area contributed by atoms with E-state index in [-0.39, 0.29) is 18.1 Å². The van der Waals surface area contributed by atoms with Gasteiger partial charge in [0.2, 0.25) is 6.10 Å². The summed E-state index contributed by atoms with van der Waals surface area (Å²) in [5.41, 5.74) is 2.86. The van der Waals surface area contributed by atoms with Crippen LogP contribution in [0.1, 0.15) is 20.3 Å². The van der Waals surface area contributed by atoms with Crippen LogP contribution in [0.3, 0.4) is 0 Å². The van der Waals surface area contributed by atoms with Crippen LogP contribution in [0, 0.1) is 5.92 Å². The van der Waals surface area contributed by atoms with Crippen LogP contribution in [0.15, 0.2) is 35.9 Å². The van der Waals surface area contributed by atoms with Crippen LogP contribution in [-0.2, 0) is 23.9 Å². The maximum absolute atomic E-state index is 12.6. The van der Waals surface area contributed by atoms with Gasteiger partial charge in [-0.25, -0.2) is 4.98 Å². The lowest BCUT2D eigenvalue weighted by atomic mass is 10.1. The van der Waals surface area contributed by atoms with Crippen LogP contribution < -0.4 is 10.6 Å². The molecule has 0 aliphatic heterocycles. The third kappa shape index (κ3) is 4.99. The Morgan fingerprint density at radius 1 is 1.21 bits per heavy atom. The Labute approximate surface area is 172 Å². The topological polar surface area (TPSA) is 107 Å². The number of aromatic nitrogens is 1. The first-order chi connectivity index (χ1) is 13.9. The van der Waals surface area contributed by atoms with Gasteiger partial charge in [-0.05, 0) is 32.4 Å². The molecule has 2 N–H and O–H groups in total. The van der Waals surface area contributed by atoms with E-state index in [1.807, 2.05) is 6.07 Å². The Morgan fingerprint density at radius 2 is 2.00 bits per heavy atom. The number of hydrogen-bond donors (Lipinski definition) is 2. The van der Waals surface area contributed by atoms with Gasteiger partial charge >= 0.3 is 5.97 Å². The van der Waals surface area contributed by atoms with Gasteiger partial charge < -0.3 is 20.1 Å². The largest absolute Gasteiger partial charge is 0.463 e. The van der Waals surface area contributed by atoms with Gasteiger partial charge in [-0.3, -0.25) is 14.4 Å². The highest BCUT2D eigenvalue weighted by atomic mass is 32.1. The van der Waals surface area contributed by atoms with Crippen LogP contribution in [0.2, 0.25) is 0 Å². The Hall–Kier alpha value is -2.78. The molecule has 1 aromatic carbocycles. The van der Waals surface area contributed by atoms with E-state index >= 15 is 0 Å². The lowest BCUT2D eigenvalue weighted by Crippen LogP contribution is -2.47.